The van der Waals surface area contributed by atoms with E-state index in [0.717, 1.165) is 30.6 Å². The number of likely N-dealkylation sites (tertiary alicyclic amines) is 1. The van der Waals surface area contributed by atoms with Gasteiger partial charge in [0.05, 0.1) is 12.7 Å². The van der Waals surface area contributed by atoms with E-state index in [9.17, 15) is 4.79 Å². The zero-order valence-corrected chi connectivity index (χ0v) is 10.2. The van der Waals surface area contributed by atoms with E-state index in [1.54, 1.807) is 0 Å². The lowest BCUT2D eigenvalue weighted by Crippen LogP contribution is -2.33. The largest absolute Gasteiger partial charge is 0.477 e. The zero-order chi connectivity index (χ0) is 11.5. The lowest BCUT2D eigenvalue weighted by atomic mass is 10.0. The highest BCUT2D eigenvalue weighted by atomic mass is 32.1. The number of nitrogens with zero attached hydrogens (tertiary/aromatic N) is 2. The van der Waals surface area contributed by atoms with Crippen LogP contribution in [-0.4, -0.2) is 34.0 Å². The van der Waals surface area contributed by atoms with Gasteiger partial charge in [0.1, 0.15) is 9.88 Å². The smallest absolute Gasteiger partial charge is 0.347 e. The molecular weight excluding hydrogens is 224 g/mol. The molecule has 2 heterocycles. The van der Waals surface area contributed by atoms with Crippen molar-refractivity contribution in [2.75, 3.05) is 13.1 Å². The topological polar surface area (TPSA) is 53.4 Å². The lowest BCUT2D eigenvalue weighted by Gasteiger charge is -2.29. The summed E-state index contributed by atoms with van der Waals surface area (Å²) in [4.78, 5) is 17.6. The number of hydrogen-bond donors (Lipinski definition) is 1. The van der Waals surface area contributed by atoms with Gasteiger partial charge < -0.3 is 5.11 Å². The monoisotopic (exact) mass is 240 g/mol. The number of piperidine rings is 1. The first-order chi connectivity index (χ1) is 7.65. The summed E-state index contributed by atoms with van der Waals surface area (Å²) in [7, 11) is 0. The van der Waals surface area contributed by atoms with Crippen LogP contribution in [0.5, 0.6) is 0 Å². The second-order valence-corrected chi connectivity index (χ2v) is 5.52. The van der Waals surface area contributed by atoms with Gasteiger partial charge in [-0.1, -0.05) is 6.92 Å². The summed E-state index contributed by atoms with van der Waals surface area (Å²) in [6.45, 7) is 5.26. The summed E-state index contributed by atoms with van der Waals surface area (Å²) in [6, 6.07) is 0. The van der Waals surface area contributed by atoms with Crippen molar-refractivity contribution in [3.63, 3.8) is 0 Å². The van der Waals surface area contributed by atoms with E-state index in [1.165, 1.54) is 30.4 Å². The van der Waals surface area contributed by atoms with Crippen molar-refractivity contribution in [2.24, 2.45) is 5.92 Å². The first kappa shape index (κ1) is 11.5. The number of hydrogen-bond acceptors (Lipinski definition) is 4. The number of carboxylic acids is 1. The molecule has 0 radical (unpaired) electrons. The summed E-state index contributed by atoms with van der Waals surface area (Å²) in [6.07, 6.45) is 3.99. The van der Waals surface area contributed by atoms with Crippen LogP contribution < -0.4 is 0 Å². The second kappa shape index (κ2) is 4.93. The second-order valence-electron chi connectivity index (χ2n) is 4.41. The first-order valence-corrected chi connectivity index (χ1v) is 6.37. The van der Waals surface area contributed by atoms with Gasteiger partial charge in [0.2, 0.25) is 0 Å². The SMILES string of the molecule is CC1CCCN(Cc2ncc(C(=O)O)s2)C1. The highest BCUT2D eigenvalue weighted by Gasteiger charge is 2.18. The fraction of sp³-hybridized carbons (Fsp3) is 0.636. The number of thiazole rings is 1. The Kier molecular flexibility index (Phi) is 3.56. The maximum absolute atomic E-state index is 10.7. The first-order valence-electron chi connectivity index (χ1n) is 5.55. The minimum absolute atomic E-state index is 0.333. The zero-order valence-electron chi connectivity index (χ0n) is 9.35. The normalized spacial score (nSPS) is 22.2. The van der Waals surface area contributed by atoms with Crippen molar-refractivity contribution < 1.29 is 9.90 Å². The van der Waals surface area contributed by atoms with E-state index >= 15 is 0 Å². The number of aromatic nitrogens is 1. The van der Waals surface area contributed by atoms with Crippen molar-refractivity contribution in [1.29, 1.82) is 0 Å². The molecule has 1 saturated heterocycles. The number of carbonyl (C=O) groups is 1. The van der Waals surface area contributed by atoms with Crippen LogP contribution in [0.1, 0.15) is 34.4 Å². The average Bonchev–Trinajstić information content (AvgIpc) is 2.66. The predicted octanol–water partition coefficient (Wildman–Crippen LogP) is 2.07. The minimum atomic E-state index is -0.879. The molecule has 0 bridgehead atoms. The highest BCUT2D eigenvalue weighted by molar-refractivity contribution is 7.13. The molecule has 0 aliphatic carbocycles. The molecule has 1 N–H and O–H groups in total. The summed E-state index contributed by atoms with van der Waals surface area (Å²) in [5, 5.41) is 9.71. The Morgan fingerprint density at radius 2 is 2.56 bits per heavy atom. The Labute approximate surface area is 98.9 Å². The Bertz CT molecular complexity index is 378. The molecule has 1 atom stereocenters. The molecule has 2 rings (SSSR count). The fourth-order valence-electron chi connectivity index (χ4n) is 2.10. The van der Waals surface area contributed by atoms with Gasteiger partial charge in [-0.3, -0.25) is 4.90 Å². The Hall–Kier alpha value is -0.940. The third-order valence-corrected chi connectivity index (χ3v) is 3.83. The maximum atomic E-state index is 10.7. The highest BCUT2D eigenvalue weighted by Crippen LogP contribution is 2.20. The minimum Gasteiger partial charge on any atom is -0.477 e. The van der Waals surface area contributed by atoms with Crippen LogP contribution in [0.2, 0.25) is 0 Å². The molecule has 1 aromatic rings. The molecule has 0 saturated carbocycles. The molecule has 4 nitrogen and oxygen atoms in total. The van der Waals surface area contributed by atoms with Gasteiger partial charge in [-0.15, -0.1) is 11.3 Å². The lowest BCUT2D eigenvalue weighted by molar-refractivity contribution is 0.0702. The third kappa shape index (κ3) is 2.80. The molecule has 1 aliphatic rings. The molecule has 1 aliphatic heterocycles. The van der Waals surface area contributed by atoms with E-state index in [-0.39, 0.29) is 0 Å². The molecule has 0 aromatic carbocycles. The van der Waals surface area contributed by atoms with Crippen LogP contribution in [-0.2, 0) is 6.54 Å². The van der Waals surface area contributed by atoms with Gasteiger partial charge in [0, 0.05) is 6.54 Å². The van der Waals surface area contributed by atoms with Gasteiger partial charge in [-0.25, -0.2) is 9.78 Å². The summed E-state index contributed by atoms with van der Waals surface area (Å²) >= 11 is 1.28. The predicted molar refractivity (Wildman–Crippen MR) is 62.7 cm³/mol. The molecule has 1 aromatic heterocycles. The van der Waals surface area contributed by atoms with Crippen LogP contribution in [0.3, 0.4) is 0 Å². The number of aromatic carboxylic acids is 1. The van der Waals surface area contributed by atoms with Crippen LogP contribution >= 0.6 is 11.3 Å². The van der Waals surface area contributed by atoms with Gasteiger partial charge in [-0.2, -0.15) is 0 Å². The third-order valence-electron chi connectivity index (χ3n) is 2.86. The quantitative estimate of drug-likeness (QED) is 0.878. The summed E-state index contributed by atoms with van der Waals surface area (Å²) < 4.78 is 0. The summed E-state index contributed by atoms with van der Waals surface area (Å²) in [5.41, 5.74) is 0. The molecule has 5 heteroatoms. The van der Waals surface area contributed by atoms with Crippen LogP contribution in [0.15, 0.2) is 6.20 Å². The Morgan fingerprint density at radius 1 is 1.75 bits per heavy atom. The van der Waals surface area contributed by atoms with E-state index in [2.05, 4.69) is 16.8 Å². The molecule has 0 spiro atoms. The van der Waals surface area contributed by atoms with Gasteiger partial charge >= 0.3 is 5.97 Å². The summed E-state index contributed by atoms with van der Waals surface area (Å²) in [5.74, 6) is -0.136. The van der Waals surface area contributed by atoms with E-state index in [0.29, 0.717) is 4.88 Å². The van der Waals surface area contributed by atoms with Gasteiger partial charge in [-0.05, 0) is 25.3 Å². The van der Waals surface area contributed by atoms with E-state index in [4.69, 9.17) is 5.11 Å². The van der Waals surface area contributed by atoms with Crippen molar-refractivity contribution in [2.45, 2.75) is 26.3 Å². The van der Waals surface area contributed by atoms with Crippen molar-refractivity contribution in [3.8, 4) is 0 Å². The molecule has 1 unspecified atom stereocenters. The molecular formula is C11H16N2O2S. The average molecular weight is 240 g/mol. The van der Waals surface area contributed by atoms with Crippen molar-refractivity contribution >= 4 is 17.3 Å². The maximum Gasteiger partial charge on any atom is 0.347 e. The van der Waals surface area contributed by atoms with E-state index < -0.39 is 5.97 Å². The molecule has 16 heavy (non-hydrogen) atoms. The molecule has 1 fully saturated rings. The van der Waals surface area contributed by atoms with E-state index in [1.807, 2.05) is 0 Å². The van der Waals surface area contributed by atoms with Crippen molar-refractivity contribution in [3.05, 3.63) is 16.1 Å². The standard InChI is InChI=1S/C11H16N2O2S/c1-8-3-2-4-13(6-8)7-10-12-5-9(16-10)11(14)15/h5,8H,2-4,6-7H2,1H3,(H,14,15). The Morgan fingerprint density at radius 3 is 3.19 bits per heavy atom. The van der Waals surface area contributed by atoms with Gasteiger partial charge in [0.25, 0.3) is 0 Å². The van der Waals surface area contributed by atoms with Crippen LogP contribution in [0, 0.1) is 5.92 Å². The number of carboxylic acid groups (broad SMARTS) is 1. The van der Waals surface area contributed by atoms with Gasteiger partial charge in [0.15, 0.2) is 0 Å². The van der Waals surface area contributed by atoms with Crippen molar-refractivity contribution in [1.82, 2.24) is 9.88 Å². The molecule has 0 amide bonds. The number of rotatable bonds is 3. The fourth-order valence-corrected chi connectivity index (χ4v) is 2.90. The van der Waals surface area contributed by atoms with Crippen LogP contribution in [0.4, 0.5) is 0 Å². The van der Waals surface area contributed by atoms with Crippen LogP contribution in [0.25, 0.3) is 0 Å². The Balaban J connectivity index is 1.95. The molecule has 88 valence electrons.